The lowest BCUT2D eigenvalue weighted by Gasteiger charge is -2.16. The molecule has 0 radical (unpaired) electrons. The highest BCUT2D eigenvalue weighted by Gasteiger charge is 2.11. The lowest BCUT2D eigenvalue weighted by molar-refractivity contribution is -0.129. The van der Waals surface area contributed by atoms with Crippen LogP contribution in [0.4, 0.5) is 5.69 Å². The van der Waals surface area contributed by atoms with Gasteiger partial charge in [0.15, 0.2) is 0 Å². The number of rotatable bonds is 5. The van der Waals surface area contributed by atoms with Gasteiger partial charge in [0.05, 0.1) is 18.3 Å². The van der Waals surface area contributed by atoms with Crippen LogP contribution in [0.3, 0.4) is 0 Å². The maximum absolute atomic E-state index is 11.8. The lowest BCUT2D eigenvalue weighted by Crippen LogP contribution is -2.32. The second-order valence-electron chi connectivity index (χ2n) is 4.00. The van der Waals surface area contributed by atoms with Gasteiger partial charge in [-0.2, -0.15) is 0 Å². The Bertz CT molecular complexity index is 417. The van der Waals surface area contributed by atoms with E-state index in [0.717, 1.165) is 0 Å². The van der Waals surface area contributed by atoms with E-state index in [0.29, 0.717) is 24.3 Å². The van der Waals surface area contributed by atoms with E-state index in [-0.39, 0.29) is 18.2 Å². The highest BCUT2D eigenvalue weighted by atomic mass is 16.2. The Morgan fingerprint density at radius 2 is 2.17 bits per heavy atom. The van der Waals surface area contributed by atoms with Gasteiger partial charge in [-0.05, 0) is 12.1 Å². The summed E-state index contributed by atoms with van der Waals surface area (Å²) >= 11 is 0. The molecule has 1 heterocycles. The molecular formula is C12H18N4O2. The minimum atomic E-state index is -0.0831. The first-order chi connectivity index (χ1) is 8.52. The van der Waals surface area contributed by atoms with E-state index in [1.165, 1.54) is 11.1 Å². The van der Waals surface area contributed by atoms with Crippen molar-refractivity contribution in [2.75, 3.05) is 26.4 Å². The second-order valence-corrected chi connectivity index (χ2v) is 4.00. The van der Waals surface area contributed by atoms with Crippen LogP contribution in [0.15, 0.2) is 18.3 Å². The third kappa shape index (κ3) is 4.40. The van der Waals surface area contributed by atoms with Crippen LogP contribution in [0, 0.1) is 0 Å². The Morgan fingerprint density at radius 1 is 1.44 bits per heavy atom. The normalized spacial score (nSPS) is 9.89. The van der Waals surface area contributed by atoms with Crippen LogP contribution in [0.2, 0.25) is 0 Å². The third-order valence-corrected chi connectivity index (χ3v) is 2.56. The molecule has 18 heavy (non-hydrogen) atoms. The summed E-state index contributed by atoms with van der Waals surface area (Å²) in [6.45, 7) is 0.396. The van der Waals surface area contributed by atoms with Crippen LogP contribution in [0.5, 0.6) is 0 Å². The van der Waals surface area contributed by atoms with Gasteiger partial charge in [-0.3, -0.25) is 14.6 Å². The average Bonchev–Trinajstić information content (AvgIpc) is 2.38. The molecule has 1 rings (SSSR count). The summed E-state index contributed by atoms with van der Waals surface area (Å²) < 4.78 is 0. The quantitative estimate of drug-likeness (QED) is 0.757. The molecule has 0 aliphatic heterocycles. The molecule has 1 aromatic heterocycles. The first kappa shape index (κ1) is 14.0. The van der Waals surface area contributed by atoms with Crippen molar-refractivity contribution in [3.05, 3.63) is 24.0 Å². The van der Waals surface area contributed by atoms with E-state index in [1.807, 2.05) is 0 Å². The molecule has 0 aliphatic rings. The predicted molar refractivity (Wildman–Crippen MR) is 68.7 cm³/mol. The standard InChI is InChI=1S/C12H18N4O2/c1-14-11(17)5-6-16(2)12(18)7-10-4-3-9(13)8-15-10/h3-4,8H,5-7,13H2,1-2H3,(H,14,17). The Hall–Kier alpha value is -2.11. The van der Waals surface area contributed by atoms with Crippen LogP contribution >= 0.6 is 0 Å². The monoisotopic (exact) mass is 250 g/mol. The van der Waals surface area contributed by atoms with E-state index in [1.54, 1.807) is 26.2 Å². The summed E-state index contributed by atoms with van der Waals surface area (Å²) in [7, 11) is 3.24. The molecule has 6 nitrogen and oxygen atoms in total. The van der Waals surface area contributed by atoms with Gasteiger partial charge in [-0.25, -0.2) is 0 Å². The van der Waals surface area contributed by atoms with Gasteiger partial charge in [0.2, 0.25) is 11.8 Å². The molecule has 0 unspecified atom stereocenters. The fourth-order valence-corrected chi connectivity index (χ4v) is 1.35. The van der Waals surface area contributed by atoms with Crippen molar-refractivity contribution >= 4 is 17.5 Å². The number of hydrogen-bond donors (Lipinski definition) is 2. The van der Waals surface area contributed by atoms with Crippen LogP contribution in [0.25, 0.3) is 0 Å². The minimum Gasteiger partial charge on any atom is -0.397 e. The van der Waals surface area contributed by atoms with E-state index >= 15 is 0 Å². The highest BCUT2D eigenvalue weighted by molar-refractivity contribution is 5.80. The maximum atomic E-state index is 11.8. The molecule has 0 spiro atoms. The molecule has 98 valence electrons. The molecule has 3 N–H and O–H groups in total. The van der Waals surface area contributed by atoms with E-state index in [4.69, 9.17) is 5.73 Å². The number of carbonyl (C=O) groups is 2. The number of nitrogens with zero attached hydrogens (tertiary/aromatic N) is 2. The Morgan fingerprint density at radius 3 is 2.72 bits per heavy atom. The van der Waals surface area contributed by atoms with Gasteiger partial charge >= 0.3 is 0 Å². The molecule has 0 saturated carbocycles. The van der Waals surface area contributed by atoms with E-state index in [9.17, 15) is 9.59 Å². The molecule has 0 saturated heterocycles. The summed E-state index contributed by atoms with van der Waals surface area (Å²) in [5, 5.41) is 2.51. The zero-order valence-corrected chi connectivity index (χ0v) is 10.6. The zero-order valence-electron chi connectivity index (χ0n) is 10.6. The number of nitrogens with one attached hydrogen (secondary N) is 1. The number of aromatic nitrogens is 1. The summed E-state index contributed by atoms with van der Waals surface area (Å²) in [4.78, 5) is 28.5. The van der Waals surface area contributed by atoms with E-state index in [2.05, 4.69) is 10.3 Å². The molecule has 0 atom stereocenters. The minimum absolute atomic E-state index is 0.0730. The lowest BCUT2D eigenvalue weighted by atomic mass is 10.2. The number of anilines is 1. The number of carbonyl (C=O) groups excluding carboxylic acids is 2. The Labute approximate surface area is 106 Å². The average molecular weight is 250 g/mol. The number of nitrogen functional groups attached to an aromatic ring is 1. The summed E-state index contributed by atoms with van der Waals surface area (Å²) in [5.74, 6) is -0.156. The van der Waals surface area contributed by atoms with Crippen molar-refractivity contribution in [3.8, 4) is 0 Å². The largest absolute Gasteiger partial charge is 0.397 e. The van der Waals surface area contributed by atoms with Crippen LogP contribution in [-0.4, -0.2) is 42.3 Å². The molecule has 6 heteroatoms. The first-order valence-electron chi connectivity index (χ1n) is 5.68. The van der Waals surface area contributed by atoms with Crippen molar-refractivity contribution in [2.24, 2.45) is 0 Å². The third-order valence-electron chi connectivity index (χ3n) is 2.56. The number of nitrogens with two attached hydrogens (primary N) is 1. The van der Waals surface area contributed by atoms with Gasteiger partial charge in [-0.15, -0.1) is 0 Å². The highest BCUT2D eigenvalue weighted by Crippen LogP contribution is 2.03. The number of likely N-dealkylation sites (N-methyl/N-ethyl adjacent to an activating group) is 1. The van der Waals surface area contributed by atoms with Gasteiger partial charge in [0, 0.05) is 32.8 Å². The summed E-state index contributed by atoms with van der Waals surface area (Å²) in [5.41, 5.74) is 6.75. The SMILES string of the molecule is CNC(=O)CCN(C)C(=O)Cc1ccc(N)cn1. The molecule has 1 aromatic rings. The predicted octanol–water partition coefficient (Wildman–Crippen LogP) is -0.199. The zero-order chi connectivity index (χ0) is 13.5. The fourth-order valence-electron chi connectivity index (χ4n) is 1.35. The number of hydrogen-bond acceptors (Lipinski definition) is 4. The summed E-state index contributed by atoms with van der Waals surface area (Å²) in [6.07, 6.45) is 2.03. The van der Waals surface area contributed by atoms with Gasteiger partial charge in [0.1, 0.15) is 0 Å². The van der Waals surface area contributed by atoms with Gasteiger partial charge in [-0.1, -0.05) is 0 Å². The summed E-state index contributed by atoms with van der Waals surface area (Å²) in [6, 6.07) is 3.43. The molecule has 2 amide bonds. The molecule has 0 aliphatic carbocycles. The Kier molecular flexibility index (Phi) is 5.10. The number of amides is 2. The first-order valence-corrected chi connectivity index (χ1v) is 5.68. The smallest absolute Gasteiger partial charge is 0.228 e. The maximum Gasteiger partial charge on any atom is 0.228 e. The van der Waals surface area contributed by atoms with Gasteiger partial charge < -0.3 is 16.0 Å². The van der Waals surface area contributed by atoms with Crippen molar-refractivity contribution in [3.63, 3.8) is 0 Å². The number of pyridine rings is 1. The Balaban J connectivity index is 2.44. The van der Waals surface area contributed by atoms with E-state index < -0.39 is 0 Å². The molecule has 0 aromatic carbocycles. The topological polar surface area (TPSA) is 88.3 Å². The van der Waals surface area contributed by atoms with Crippen molar-refractivity contribution < 1.29 is 9.59 Å². The van der Waals surface area contributed by atoms with Crippen LogP contribution in [0.1, 0.15) is 12.1 Å². The second kappa shape index (κ2) is 6.58. The molecule has 0 bridgehead atoms. The molecular weight excluding hydrogens is 232 g/mol. The van der Waals surface area contributed by atoms with Crippen LogP contribution < -0.4 is 11.1 Å². The molecule has 0 fully saturated rings. The van der Waals surface area contributed by atoms with Crippen LogP contribution in [-0.2, 0) is 16.0 Å². The van der Waals surface area contributed by atoms with Crippen molar-refractivity contribution in [2.45, 2.75) is 12.8 Å². The van der Waals surface area contributed by atoms with Gasteiger partial charge in [0.25, 0.3) is 0 Å². The van der Waals surface area contributed by atoms with Crippen molar-refractivity contribution in [1.82, 2.24) is 15.2 Å². The van der Waals surface area contributed by atoms with Crippen molar-refractivity contribution in [1.29, 1.82) is 0 Å². The fraction of sp³-hybridized carbons (Fsp3) is 0.417.